The summed E-state index contributed by atoms with van der Waals surface area (Å²) in [6.07, 6.45) is 2.44. The van der Waals surface area contributed by atoms with Gasteiger partial charge in [0.25, 0.3) is 0 Å². The first-order valence-electron chi connectivity index (χ1n) is 7.95. The SMILES string of the molecule is Cc1cc(C2CCCN2CCC(=O)Nc2ccc(F)c(Cl)c2)no1. The molecular weight excluding hydrogens is 333 g/mol. The number of anilines is 1. The van der Waals surface area contributed by atoms with E-state index in [1.54, 1.807) is 0 Å². The molecule has 2 heterocycles. The summed E-state index contributed by atoms with van der Waals surface area (Å²) in [7, 11) is 0. The van der Waals surface area contributed by atoms with Crippen LogP contribution in [0.3, 0.4) is 0 Å². The minimum atomic E-state index is -0.502. The summed E-state index contributed by atoms with van der Waals surface area (Å²) in [6.45, 7) is 3.45. The second kappa shape index (κ2) is 7.32. The highest BCUT2D eigenvalue weighted by Gasteiger charge is 2.28. The quantitative estimate of drug-likeness (QED) is 0.886. The Bertz CT molecular complexity index is 734. The van der Waals surface area contributed by atoms with Crippen LogP contribution in [0.5, 0.6) is 0 Å². The first kappa shape index (κ1) is 16.9. The Morgan fingerprint density at radius 3 is 3.04 bits per heavy atom. The van der Waals surface area contributed by atoms with E-state index in [1.165, 1.54) is 18.2 Å². The largest absolute Gasteiger partial charge is 0.361 e. The zero-order chi connectivity index (χ0) is 17.1. The van der Waals surface area contributed by atoms with E-state index in [0.717, 1.165) is 30.8 Å². The van der Waals surface area contributed by atoms with E-state index in [9.17, 15) is 9.18 Å². The summed E-state index contributed by atoms with van der Waals surface area (Å²) in [5.74, 6) is 0.167. The van der Waals surface area contributed by atoms with Crippen molar-refractivity contribution < 1.29 is 13.7 Å². The lowest BCUT2D eigenvalue weighted by atomic mass is 10.1. The maximum atomic E-state index is 13.1. The number of hydrogen-bond donors (Lipinski definition) is 1. The number of hydrogen-bond acceptors (Lipinski definition) is 4. The number of amides is 1. The van der Waals surface area contributed by atoms with Crippen molar-refractivity contribution in [2.24, 2.45) is 0 Å². The molecule has 2 aromatic rings. The van der Waals surface area contributed by atoms with Gasteiger partial charge < -0.3 is 9.84 Å². The predicted molar refractivity (Wildman–Crippen MR) is 89.4 cm³/mol. The lowest BCUT2D eigenvalue weighted by Gasteiger charge is -2.22. The first-order chi connectivity index (χ1) is 11.5. The predicted octanol–water partition coefficient (Wildman–Crippen LogP) is 3.94. The van der Waals surface area contributed by atoms with Crippen molar-refractivity contribution in [2.45, 2.75) is 32.2 Å². The molecule has 3 rings (SSSR count). The molecule has 7 heteroatoms. The summed E-state index contributed by atoms with van der Waals surface area (Å²) >= 11 is 5.72. The van der Waals surface area contributed by atoms with E-state index in [-0.39, 0.29) is 17.0 Å². The fourth-order valence-electron chi connectivity index (χ4n) is 3.01. The van der Waals surface area contributed by atoms with Gasteiger partial charge in [0.05, 0.1) is 11.1 Å². The number of nitrogens with zero attached hydrogens (tertiary/aromatic N) is 2. The molecule has 0 bridgehead atoms. The normalized spacial score (nSPS) is 18.0. The molecule has 1 aromatic heterocycles. The highest BCUT2D eigenvalue weighted by molar-refractivity contribution is 6.31. The zero-order valence-corrected chi connectivity index (χ0v) is 14.1. The summed E-state index contributed by atoms with van der Waals surface area (Å²) in [4.78, 5) is 14.3. The van der Waals surface area contributed by atoms with Crippen LogP contribution in [0.1, 0.15) is 36.8 Å². The molecule has 1 N–H and O–H groups in total. The molecule has 1 atom stereocenters. The number of carbonyl (C=O) groups excluding carboxylic acids is 1. The third kappa shape index (κ3) is 3.94. The van der Waals surface area contributed by atoms with Gasteiger partial charge in [-0.25, -0.2) is 4.39 Å². The number of aryl methyl sites for hydroxylation is 1. The molecule has 5 nitrogen and oxygen atoms in total. The molecule has 24 heavy (non-hydrogen) atoms. The van der Waals surface area contributed by atoms with Crippen LogP contribution in [-0.2, 0) is 4.79 Å². The number of rotatable bonds is 5. The number of aromatic nitrogens is 1. The molecule has 0 saturated carbocycles. The second-order valence-electron chi connectivity index (χ2n) is 5.98. The summed E-state index contributed by atoms with van der Waals surface area (Å²) in [6, 6.07) is 6.29. The molecule has 1 aromatic carbocycles. The van der Waals surface area contributed by atoms with Gasteiger partial charge in [-0.2, -0.15) is 0 Å². The van der Waals surface area contributed by atoms with Crippen molar-refractivity contribution in [3.05, 3.63) is 46.6 Å². The summed E-state index contributed by atoms with van der Waals surface area (Å²) < 4.78 is 18.3. The van der Waals surface area contributed by atoms with Crippen molar-refractivity contribution in [2.75, 3.05) is 18.4 Å². The van der Waals surface area contributed by atoms with Crippen LogP contribution in [0.15, 0.2) is 28.8 Å². The Morgan fingerprint density at radius 1 is 1.50 bits per heavy atom. The molecule has 1 amide bonds. The minimum Gasteiger partial charge on any atom is -0.361 e. The molecule has 1 unspecified atom stereocenters. The number of benzene rings is 1. The average Bonchev–Trinajstić information content (AvgIpc) is 3.17. The van der Waals surface area contributed by atoms with Crippen molar-refractivity contribution in [3.63, 3.8) is 0 Å². The van der Waals surface area contributed by atoms with Crippen LogP contribution in [0, 0.1) is 12.7 Å². The highest BCUT2D eigenvalue weighted by Crippen LogP contribution is 2.31. The smallest absolute Gasteiger partial charge is 0.225 e. The number of carbonyl (C=O) groups is 1. The number of likely N-dealkylation sites (tertiary alicyclic amines) is 1. The molecule has 0 spiro atoms. The Kier molecular flexibility index (Phi) is 5.16. The molecule has 0 radical (unpaired) electrons. The van der Waals surface area contributed by atoms with Crippen LogP contribution in [0.25, 0.3) is 0 Å². The van der Waals surface area contributed by atoms with Gasteiger partial charge in [-0.15, -0.1) is 0 Å². The third-order valence-corrected chi connectivity index (χ3v) is 4.47. The van der Waals surface area contributed by atoms with Gasteiger partial charge in [0.2, 0.25) is 5.91 Å². The van der Waals surface area contributed by atoms with Gasteiger partial charge in [-0.1, -0.05) is 16.8 Å². The lowest BCUT2D eigenvalue weighted by Crippen LogP contribution is -2.27. The monoisotopic (exact) mass is 351 g/mol. The van der Waals surface area contributed by atoms with Gasteiger partial charge in [-0.05, 0) is 44.5 Å². The third-order valence-electron chi connectivity index (χ3n) is 4.18. The summed E-state index contributed by atoms with van der Waals surface area (Å²) in [5.41, 5.74) is 1.42. The maximum absolute atomic E-state index is 13.1. The molecule has 1 aliphatic rings. The van der Waals surface area contributed by atoms with Gasteiger partial charge in [0, 0.05) is 24.7 Å². The Labute approximate surface area is 144 Å². The van der Waals surface area contributed by atoms with E-state index in [1.807, 2.05) is 13.0 Å². The van der Waals surface area contributed by atoms with Gasteiger partial charge >= 0.3 is 0 Å². The molecule has 1 saturated heterocycles. The van der Waals surface area contributed by atoms with Crippen LogP contribution in [0.4, 0.5) is 10.1 Å². The van der Waals surface area contributed by atoms with Gasteiger partial charge in [0.1, 0.15) is 17.3 Å². The summed E-state index contributed by atoms with van der Waals surface area (Å²) in [5, 5.41) is 6.83. The number of nitrogens with one attached hydrogen (secondary N) is 1. The van der Waals surface area contributed by atoms with Crippen molar-refractivity contribution >= 4 is 23.2 Å². The van der Waals surface area contributed by atoms with Gasteiger partial charge in [0.15, 0.2) is 0 Å². The van der Waals surface area contributed by atoms with Crippen LogP contribution in [0.2, 0.25) is 5.02 Å². The van der Waals surface area contributed by atoms with Crippen molar-refractivity contribution in [3.8, 4) is 0 Å². The Morgan fingerprint density at radius 2 is 2.33 bits per heavy atom. The van der Waals surface area contributed by atoms with Crippen molar-refractivity contribution in [1.29, 1.82) is 0 Å². The topological polar surface area (TPSA) is 58.4 Å². The Balaban J connectivity index is 1.54. The zero-order valence-electron chi connectivity index (χ0n) is 13.4. The van der Waals surface area contributed by atoms with Crippen molar-refractivity contribution in [1.82, 2.24) is 10.1 Å². The highest BCUT2D eigenvalue weighted by atomic mass is 35.5. The minimum absolute atomic E-state index is 0.00573. The van der Waals surface area contributed by atoms with E-state index in [0.29, 0.717) is 18.7 Å². The average molecular weight is 352 g/mol. The van der Waals surface area contributed by atoms with Crippen LogP contribution < -0.4 is 5.32 Å². The standard InChI is InChI=1S/C17H19ClFN3O2/c1-11-9-15(21-24-11)16-3-2-7-22(16)8-6-17(23)20-12-4-5-14(19)13(18)10-12/h4-5,9-10,16H,2-3,6-8H2,1H3,(H,20,23). The fraction of sp³-hybridized carbons (Fsp3) is 0.412. The van der Waals surface area contributed by atoms with Crippen LogP contribution in [-0.4, -0.2) is 29.1 Å². The van der Waals surface area contributed by atoms with E-state index in [2.05, 4.69) is 15.4 Å². The number of halogens is 2. The second-order valence-corrected chi connectivity index (χ2v) is 6.39. The van der Waals surface area contributed by atoms with E-state index < -0.39 is 5.82 Å². The fourth-order valence-corrected chi connectivity index (χ4v) is 3.19. The molecule has 1 fully saturated rings. The van der Waals surface area contributed by atoms with Crippen LogP contribution >= 0.6 is 11.6 Å². The lowest BCUT2D eigenvalue weighted by molar-refractivity contribution is -0.116. The maximum Gasteiger partial charge on any atom is 0.225 e. The van der Waals surface area contributed by atoms with Gasteiger partial charge in [-0.3, -0.25) is 9.69 Å². The molecular formula is C17H19ClFN3O2. The van der Waals surface area contributed by atoms with E-state index >= 15 is 0 Å². The molecule has 128 valence electrons. The molecule has 1 aliphatic heterocycles. The van der Waals surface area contributed by atoms with E-state index in [4.69, 9.17) is 16.1 Å². The molecule has 0 aliphatic carbocycles. The Hall–Kier alpha value is -1.92. The first-order valence-corrected chi connectivity index (χ1v) is 8.33.